The van der Waals surface area contributed by atoms with Crippen molar-refractivity contribution in [3.8, 4) is 6.07 Å². The zero-order valence-electron chi connectivity index (χ0n) is 9.87. The first-order chi connectivity index (χ1) is 7.94. The van der Waals surface area contributed by atoms with Gasteiger partial charge in [0.1, 0.15) is 5.82 Å². The monoisotopic (exact) mass is 252 g/mol. The zero-order valence-corrected chi connectivity index (χ0v) is 10.6. The van der Waals surface area contributed by atoms with Gasteiger partial charge in [-0.15, -0.1) is 0 Å². The second kappa shape index (κ2) is 4.19. The van der Waals surface area contributed by atoms with Crippen LogP contribution in [0.1, 0.15) is 20.3 Å². The Morgan fingerprint density at radius 2 is 2.24 bits per heavy atom. The lowest BCUT2D eigenvalue weighted by Gasteiger charge is -2.33. The van der Waals surface area contributed by atoms with Gasteiger partial charge in [-0.25, -0.2) is 4.39 Å². The summed E-state index contributed by atoms with van der Waals surface area (Å²) in [5, 5.41) is 9.12. The Morgan fingerprint density at radius 1 is 1.53 bits per heavy atom. The van der Waals surface area contributed by atoms with Crippen molar-refractivity contribution < 1.29 is 4.39 Å². The molecule has 4 heteroatoms. The van der Waals surface area contributed by atoms with Gasteiger partial charge < -0.3 is 4.90 Å². The van der Waals surface area contributed by atoms with E-state index in [4.69, 9.17) is 16.9 Å². The molecule has 0 N–H and O–H groups in total. The predicted molar refractivity (Wildman–Crippen MR) is 66.6 cm³/mol. The highest BCUT2D eigenvalue weighted by atomic mass is 35.5. The van der Waals surface area contributed by atoms with Crippen LogP contribution in [0.4, 0.5) is 10.1 Å². The smallest absolute Gasteiger partial charge is 0.141 e. The molecule has 0 radical (unpaired) electrons. The number of nitriles is 1. The maximum atomic E-state index is 13.1. The number of anilines is 1. The third-order valence-electron chi connectivity index (χ3n) is 3.28. The standard InChI is InChI=1S/C13H14ClFN2/c1-13(2)6-9(7-16)8-17(13)10-3-4-12(15)11(14)5-10/h3-5,9H,6,8H2,1-2H3. The average molecular weight is 253 g/mol. The van der Waals surface area contributed by atoms with Gasteiger partial charge in [0.15, 0.2) is 0 Å². The van der Waals surface area contributed by atoms with E-state index in [-0.39, 0.29) is 16.5 Å². The zero-order chi connectivity index (χ0) is 12.6. The molecule has 0 spiro atoms. The Labute approximate surface area is 106 Å². The molecule has 0 bridgehead atoms. The quantitative estimate of drug-likeness (QED) is 0.764. The molecule has 2 rings (SSSR count). The lowest BCUT2D eigenvalue weighted by atomic mass is 9.97. The lowest BCUT2D eigenvalue weighted by Crippen LogP contribution is -2.38. The molecule has 0 aromatic heterocycles. The van der Waals surface area contributed by atoms with Gasteiger partial charge in [0, 0.05) is 17.8 Å². The van der Waals surface area contributed by atoms with Crippen molar-refractivity contribution >= 4 is 17.3 Å². The molecular weight excluding hydrogens is 239 g/mol. The molecule has 1 aliphatic heterocycles. The SMILES string of the molecule is CC1(C)CC(C#N)CN1c1ccc(F)c(Cl)c1. The van der Waals surface area contributed by atoms with E-state index >= 15 is 0 Å². The molecule has 1 aliphatic rings. The van der Waals surface area contributed by atoms with E-state index in [0.717, 1.165) is 12.1 Å². The van der Waals surface area contributed by atoms with Gasteiger partial charge in [-0.3, -0.25) is 0 Å². The predicted octanol–water partition coefficient (Wildman–Crippen LogP) is 3.61. The van der Waals surface area contributed by atoms with Gasteiger partial charge in [0.25, 0.3) is 0 Å². The first-order valence-electron chi connectivity index (χ1n) is 5.56. The Morgan fingerprint density at radius 3 is 2.76 bits per heavy atom. The molecule has 0 aliphatic carbocycles. The summed E-state index contributed by atoms with van der Waals surface area (Å²) in [6.45, 7) is 4.84. The highest BCUT2D eigenvalue weighted by Crippen LogP contribution is 2.37. The summed E-state index contributed by atoms with van der Waals surface area (Å²) >= 11 is 5.79. The van der Waals surface area contributed by atoms with Crippen molar-refractivity contribution in [2.45, 2.75) is 25.8 Å². The van der Waals surface area contributed by atoms with E-state index in [0.29, 0.717) is 6.54 Å². The van der Waals surface area contributed by atoms with E-state index in [1.807, 2.05) is 0 Å². The van der Waals surface area contributed by atoms with Crippen LogP contribution in [-0.2, 0) is 0 Å². The Bertz CT molecular complexity index is 479. The maximum absolute atomic E-state index is 13.1. The highest BCUT2D eigenvalue weighted by Gasteiger charge is 2.38. The Balaban J connectivity index is 2.34. The topological polar surface area (TPSA) is 27.0 Å². The Hall–Kier alpha value is -1.27. The Kier molecular flexibility index (Phi) is 3.01. The van der Waals surface area contributed by atoms with E-state index < -0.39 is 5.82 Å². The van der Waals surface area contributed by atoms with Gasteiger partial charge in [-0.2, -0.15) is 5.26 Å². The van der Waals surface area contributed by atoms with E-state index in [2.05, 4.69) is 24.8 Å². The number of benzene rings is 1. The third-order valence-corrected chi connectivity index (χ3v) is 3.57. The number of halogens is 2. The van der Waals surface area contributed by atoms with Crippen molar-refractivity contribution in [3.05, 3.63) is 29.0 Å². The molecule has 2 nitrogen and oxygen atoms in total. The van der Waals surface area contributed by atoms with Crippen LogP contribution in [0, 0.1) is 23.1 Å². The molecule has 1 fully saturated rings. The average Bonchev–Trinajstić information content (AvgIpc) is 2.58. The fraction of sp³-hybridized carbons (Fsp3) is 0.462. The summed E-state index contributed by atoms with van der Waals surface area (Å²) < 4.78 is 13.1. The van der Waals surface area contributed by atoms with Crippen molar-refractivity contribution in [1.82, 2.24) is 0 Å². The second-order valence-electron chi connectivity index (χ2n) is 5.05. The molecule has 1 unspecified atom stereocenters. The van der Waals surface area contributed by atoms with Gasteiger partial charge in [0.05, 0.1) is 17.0 Å². The van der Waals surface area contributed by atoms with E-state index in [9.17, 15) is 4.39 Å². The van der Waals surface area contributed by atoms with Crippen LogP contribution in [0.25, 0.3) is 0 Å². The van der Waals surface area contributed by atoms with Gasteiger partial charge in [0.2, 0.25) is 0 Å². The molecule has 1 heterocycles. The number of rotatable bonds is 1. The molecule has 1 aromatic rings. The number of hydrogen-bond donors (Lipinski definition) is 0. The summed E-state index contributed by atoms with van der Waals surface area (Å²) in [7, 11) is 0. The molecule has 0 saturated carbocycles. The second-order valence-corrected chi connectivity index (χ2v) is 5.46. The maximum Gasteiger partial charge on any atom is 0.141 e. The van der Waals surface area contributed by atoms with Crippen LogP contribution in [0.3, 0.4) is 0 Å². The van der Waals surface area contributed by atoms with Crippen LogP contribution < -0.4 is 4.90 Å². The summed E-state index contributed by atoms with van der Waals surface area (Å²) in [5.41, 5.74) is 0.779. The minimum Gasteiger partial charge on any atom is -0.365 e. The molecule has 90 valence electrons. The molecule has 0 amide bonds. The van der Waals surface area contributed by atoms with Crippen LogP contribution in [0.15, 0.2) is 18.2 Å². The highest BCUT2D eigenvalue weighted by molar-refractivity contribution is 6.31. The van der Waals surface area contributed by atoms with Crippen molar-refractivity contribution in [3.63, 3.8) is 0 Å². The van der Waals surface area contributed by atoms with Crippen LogP contribution in [-0.4, -0.2) is 12.1 Å². The van der Waals surface area contributed by atoms with E-state index in [1.165, 1.54) is 6.07 Å². The largest absolute Gasteiger partial charge is 0.365 e. The summed E-state index contributed by atoms with van der Waals surface area (Å²) in [4.78, 5) is 2.12. The summed E-state index contributed by atoms with van der Waals surface area (Å²) in [6, 6.07) is 7.00. The lowest BCUT2D eigenvalue weighted by molar-refractivity contribution is 0.502. The molecule has 1 atom stereocenters. The van der Waals surface area contributed by atoms with Crippen LogP contribution in [0.2, 0.25) is 5.02 Å². The van der Waals surface area contributed by atoms with Crippen LogP contribution in [0.5, 0.6) is 0 Å². The first kappa shape index (κ1) is 12.2. The summed E-state index contributed by atoms with van der Waals surface area (Å²) in [5.74, 6) is -0.391. The molecule has 17 heavy (non-hydrogen) atoms. The van der Waals surface area contributed by atoms with Crippen LogP contribution >= 0.6 is 11.6 Å². The van der Waals surface area contributed by atoms with Crippen molar-refractivity contribution in [2.24, 2.45) is 5.92 Å². The summed E-state index contributed by atoms with van der Waals surface area (Å²) in [6.07, 6.45) is 0.818. The minimum atomic E-state index is -0.413. The number of nitrogens with zero attached hydrogens (tertiary/aromatic N) is 2. The molecule has 1 aromatic carbocycles. The molecule has 1 saturated heterocycles. The van der Waals surface area contributed by atoms with E-state index in [1.54, 1.807) is 12.1 Å². The minimum absolute atomic E-state index is 0.0221. The first-order valence-corrected chi connectivity index (χ1v) is 5.94. The van der Waals surface area contributed by atoms with Gasteiger partial charge in [-0.1, -0.05) is 11.6 Å². The van der Waals surface area contributed by atoms with Crippen molar-refractivity contribution in [2.75, 3.05) is 11.4 Å². The normalized spacial score (nSPS) is 22.5. The number of hydrogen-bond acceptors (Lipinski definition) is 2. The van der Waals surface area contributed by atoms with Gasteiger partial charge in [-0.05, 0) is 38.5 Å². The third kappa shape index (κ3) is 2.23. The fourth-order valence-electron chi connectivity index (χ4n) is 2.44. The molecular formula is C13H14ClFN2. The van der Waals surface area contributed by atoms with Crippen molar-refractivity contribution in [1.29, 1.82) is 5.26 Å². The van der Waals surface area contributed by atoms with Gasteiger partial charge >= 0.3 is 0 Å². The fourth-order valence-corrected chi connectivity index (χ4v) is 2.61.